The molecular formula is C18H20N4O2. The molecule has 2 aromatic heterocycles. The van der Waals surface area contributed by atoms with E-state index >= 15 is 0 Å². The van der Waals surface area contributed by atoms with Crippen molar-refractivity contribution in [2.45, 2.75) is 18.9 Å². The Bertz CT molecular complexity index is 853. The van der Waals surface area contributed by atoms with E-state index in [0.717, 1.165) is 54.3 Å². The zero-order chi connectivity index (χ0) is 16.5. The molecule has 4 rings (SSSR count). The Balaban J connectivity index is 1.79. The van der Waals surface area contributed by atoms with Crippen molar-refractivity contribution in [2.24, 2.45) is 0 Å². The van der Waals surface area contributed by atoms with Crippen molar-refractivity contribution < 1.29 is 9.84 Å². The van der Waals surface area contributed by atoms with Crippen molar-refractivity contribution in [3.05, 3.63) is 42.7 Å². The number of aliphatic hydroxyl groups is 1. The van der Waals surface area contributed by atoms with Crippen LogP contribution in [0, 0.1) is 0 Å². The number of piperidine rings is 1. The van der Waals surface area contributed by atoms with Gasteiger partial charge in [-0.1, -0.05) is 18.2 Å². The minimum atomic E-state index is -0.194. The number of benzene rings is 1. The number of anilines is 1. The molecule has 0 amide bonds. The lowest BCUT2D eigenvalue weighted by atomic mass is 10.1. The number of nitrogens with zero attached hydrogens (tertiary/aromatic N) is 4. The summed E-state index contributed by atoms with van der Waals surface area (Å²) in [7, 11) is 1.67. The van der Waals surface area contributed by atoms with Crippen molar-refractivity contribution in [3.63, 3.8) is 0 Å². The average molecular weight is 324 g/mol. The number of hydrogen-bond acceptors (Lipinski definition) is 5. The number of aromatic nitrogens is 3. The van der Waals surface area contributed by atoms with Gasteiger partial charge in [-0.25, -0.2) is 4.98 Å². The second kappa shape index (κ2) is 6.13. The number of rotatable bonds is 3. The summed E-state index contributed by atoms with van der Waals surface area (Å²) in [5, 5.41) is 14.3. The molecule has 6 heteroatoms. The summed E-state index contributed by atoms with van der Waals surface area (Å²) in [5.41, 5.74) is 2.74. The summed E-state index contributed by atoms with van der Waals surface area (Å²) >= 11 is 0. The molecule has 1 aliphatic heterocycles. The van der Waals surface area contributed by atoms with Gasteiger partial charge < -0.3 is 14.7 Å². The summed E-state index contributed by atoms with van der Waals surface area (Å²) in [6.07, 6.45) is 5.02. The molecule has 24 heavy (non-hydrogen) atoms. The summed E-state index contributed by atoms with van der Waals surface area (Å²) in [6, 6.07) is 9.86. The van der Waals surface area contributed by atoms with Crippen LogP contribution in [0.15, 0.2) is 42.7 Å². The highest BCUT2D eigenvalue weighted by molar-refractivity contribution is 5.81. The Morgan fingerprint density at radius 3 is 2.71 bits per heavy atom. The van der Waals surface area contributed by atoms with Crippen molar-refractivity contribution in [3.8, 4) is 16.9 Å². The molecule has 1 fully saturated rings. The van der Waals surface area contributed by atoms with Gasteiger partial charge >= 0.3 is 0 Å². The van der Waals surface area contributed by atoms with E-state index in [2.05, 4.69) is 15.0 Å². The topological polar surface area (TPSA) is 62.9 Å². The number of methoxy groups -OCH3 is 1. The Hall–Kier alpha value is -2.60. The van der Waals surface area contributed by atoms with E-state index in [1.165, 1.54) is 0 Å². The van der Waals surface area contributed by atoms with Crippen molar-refractivity contribution >= 4 is 11.5 Å². The van der Waals surface area contributed by atoms with Gasteiger partial charge in [0.15, 0.2) is 5.65 Å². The van der Waals surface area contributed by atoms with Gasteiger partial charge in [-0.3, -0.25) is 0 Å². The van der Waals surface area contributed by atoms with E-state index in [1.54, 1.807) is 7.11 Å². The SMILES string of the molecule is COc1ccccc1-c1cnn2c(N3CCC(O)CC3)ccnc12. The maximum Gasteiger partial charge on any atom is 0.165 e. The average Bonchev–Trinajstić information content (AvgIpc) is 3.06. The number of fused-ring (bicyclic) bond motifs is 1. The van der Waals surface area contributed by atoms with Gasteiger partial charge in [0.25, 0.3) is 0 Å². The molecule has 0 unspecified atom stereocenters. The van der Waals surface area contributed by atoms with Gasteiger partial charge in [0, 0.05) is 24.8 Å². The predicted molar refractivity (Wildman–Crippen MR) is 92.4 cm³/mol. The number of hydrogen-bond donors (Lipinski definition) is 1. The molecule has 3 heterocycles. The molecule has 6 nitrogen and oxygen atoms in total. The van der Waals surface area contributed by atoms with Crippen LogP contribution >= 0.6 is 0 Å². The van der Waals surface area contributed by atoms with Gasteiger partial charge in [-0.15, -0.1) is 0 Å². The molecule has 0 spiro atoms. The number of aliphatic hydroxyl groups excluding tert-OH is 1. The van der Waals surface area contributed by atoms with E-state index in [-0.39, 0.29) is 6.10 Å². The smallest absolute Gasteiger partial charge is 0.165 e. The van der Waals surface area contributed by atoms with E-state index < -0.39 is 0 Å². The highest BCUT2D eigenvalue weighted by atomic mass is 16.5. The molecule has 124 valence electrons. The first-order valence-corrected chi connectivity index (χ1v) is 8.17. The van der Waals surface area contributed by atoms with Crippen molar-refractivity contribution in [2.75, 3.05) is 25.1 Å². The van der Waals surface area contributed by atoms with Crippen molar-refractivity contribution in [1.82, 2.24) is 14.6 Å². The van der Waals surface area contributed by atoms with E-state index in [9.17, 15) is 5.11 Å². The Labute approximate surface area is 140 Å². The standard InChI is InChI=1S/C18H20N4O2/c1-24-16-5-3-2-4-14(16)15-12-20-22-17(6-9-19-18(15)22)21-10-7-13(23)8-11-21/h2-6,9,12-13,23H,7-8,10-11H2,1H3. The molecule has 1 N–H and O–H groups in total. The minimum absolute atomic E-state index is 0.194. The summed E-state index contributed by atoms with van der Waals surface area (Å²) < 4.78 is 7.35. The first kappa shape index (κ1) is 15.0. The van der Waals surface area contributed by atoms with Gasteiger partial charge in [-0.2, -0.15) is 9.61 Å². The fourth-order valence-electron chi connectivity index (χ4n) is 3.27. The summed E-state index contributed by atoms with van der Waals surface area (Å²) in [6.45, 7) is 1.65. The first-order valence-electron chi connectivity index (χ1n) is 8.17. The van der Waals surface area contributed by atoms with Crippen LogP contribution in [0.1, 0.15) is 12.8 Å². The lowest BCUT2D eigenvalue weighted by Gasteiger charge is -2.31. The zero-order valence-corrected chi connectivity index (χ0v) is 13.6. The first-order chi connectivity index (χ1) is 11.8. The third-order valence-electron chi connectivity index (χ3n) is 4.57. The Morgan fingerprint density at radius 1 is 1.12 bits per heavy atom. The van der Waals surface area contributed by atoms with Crippen LogP contribution in [-0.4, -0.2) is 46.0 Å². The van der Waals surface area contributed by atoms with E-state index in [4.69, 9.17) is 4.74 Å². The third kappa shape index (κ3) is 2.49. The summed E-state index contributed by atoms with van der Waals surface area (Å²) in [4.78, 5) is 6.78. The fraction of sp³-hybridized carbons (Fsp3) is 0.333. The molecule has 3 aromatic rings. The molecule has 0 radical (unpaired) electrons. The number of ether oxygens (including phenoxy) is 1. The Morgan fingerprint density at radius 2 is 1.92 bits per heavy atom. The highest BCUT2D eigenvalue weighted by Crippen LogP contribution is 2.33. The molecule has 1 aliphatic rings. The monoisotopic (exact) mass is 324 g/mol. The number of para-hydroxylation sites is 1. The molecule has 0 atom stereocenters. The molecule has 0 saturated carbocycles. The van der Waals surface area contributed by atoms with Crippen LogP contribution in [0.2, 0.25) is 0 Å². The van der Waals surface area contributed by atoms with E-state index in [0.29, 0.717) is 0 Å². The lowest BCUT2D eigenvalue weighted by molar-refractivity contribution is 0.145. The van der Waals surface area contributed by atoms with Crippen LogP contribution in [-0.2, 0) is 0 Å². The molecule has 0 bridgehead atoms. The van der Waals surface area contributed by atoms with Gasteiger partial charge in [-0.05, 0) is 25.0 Å². The molecule has 1 saturated heterocycles. The maximum atomic E-state index is 9.72. The normalized spacial score (nSPS) is 15.8. The highest BCUT2D eigenvalue weighted by Gasteiger charge is 2.21. The van der Waals surface area contributed by atoms with Gasteiger partial charge in [0.1, 0.15) is 11.6 Å². The molecule has 0 aliphatic carbocycles. The van der Waals surface area contributed by atoms with Crippen LogP contribution in [0.5, 0.6) is 5.75 Å². The second-order valence-corrected chi connectivity index (χ2v) is 6.02. The maximum absolute atomic E-state index is 9.72. The zero-order valence-electron chi connectivity index (χ0n) is 13.6. The summed E-state index contributed by atoms with van der Waals surface area (Å²) in [5.74, 6) is 1.81. The van der Waals surface area contributed by atoms with Crippen LogP contribution in [0.3, 0.4) is 0 Å². The lowest BCUT2D eigenvalue weighted by Crippen LogP contribution is -2.36. The van der Waals surface area contributed by atoms with Gasteiger partial charge in [0.05, 0.1) is 25.0 Å². The predicted octanol–water partition coefficient (Wildman–Crippen LogP) is 2.37. The fourth-order valence-corrected chi connectivity index (χ4v) is 3.27. The molecule has 1 aromatic carbocycles. The van der Waals surface area contributed by atoms with Crippen LogP contribution in [0.25, 0.3) is 16.8 Å². The third-order valence-corrected chi connectivity index (χ3v) is 4.57. The van der Waals surface area contributed by atoms with Crippen molar-refractivity contribution in [1.29, 1.82) is 0 Å². The van der Waals surface area contributed by atoms with Gasteiger partial charge in [0.2, 0.25) is 0 Å². The minimum Gasteiger partial charge on any atom is -0.496 e. The van der Waals surface area contributed by atoms with Crippen LogP contribution < -0.4 is 9.64 Å². The second-order valence-electron chi connectivity index (χ2n) is 6.02. The molecular weight excluding hydrogens is 304 g/mol. The Kier molecular flexibility index (Phi) is 3.82. The largest absolute Gasteiger partial charge is 0.496 e. The van der Waals surface area contributed by atoms with Crippen LogP contribution in [0.4, 0.5) is 5.82 Å². The quantitative estimate of drug-likeness (QED) is 0.801. The van der Waals surface area contributed by atoms with E-state index in [1.807, 2.05) is 47.2 Å².